The van der Waals surface area contributed by atoms with E-state index in [4.69, 9.17) is 9.84 Å². The quantitative estimate of drug-likeness (QED) is 0.843. The van der Waals surface area contributed by atoms with Gasteiger partial charge in [-0.3, -0.25) is 4.72 Å². The summed E-state index contributed by atoms with van der Waals surface area (Å²) in [5.41, 5.74) is 1.11. The smallest absolute Gasteiger partial charge is 0.341 e. The number of nitrogens with one attached hydrogen (secondary N) is 1. The van der Waals surface area contributed by atoms with E-state index in [2.05, 4.69) is 4.72 Å². The number of aryl methyl sites for hydroxylation is 1. The Labute approximate surface area is 132 Å². The molecule has 0 spiro atoms. The zero-order valence-corrected chi connectivity index (χ0v) is 12.9. The first kappa shape index (κ1) is 16.8. The van der Waals surface area contributed by atoms with Crippen LogP contribution >= 0.6 is 0 Å². The van der Waals surface area contributed by atoms with Crippen LogP contribution in [0.4, 0.5) is 10.1 Å². The highest BCUT2D eigenvalue weighted by Gasteiger charge is 2.18. The number of para-hydroxylation sites is 1. The van der Waals surface area contributed by atoms with Gasteiger partial charge < -0.3 is 9.84 Å². The highest BCUT2D eigenvalue weighted by Crippen LogP contribution is 2.24. The molecule has 8 heteroatoms. The van der Waals surface area contributed by atoms with E-state index in [1.165, 1.54) is 0 Å². The van der Waals surface area contributed by atoms with Crippen LogP contribution in [0, 0.1) is 12.7 Å². The highest BCUT2D eigenvalue weighted by molar-refractivity contribution is 7.92. The summed E-state index contributed by atoms with van der Waals surface area (Å²) >= 11 is 0. The van der Waals surface area contributed by atoms with Crippen molar-refractivity contribution in [1.29, 1.82) is 0 Å². The number of anilines is 1. The van der Waals surface area contributed by atoms with E-state index in [-0.39, 0.29) is 10.6 Å². The Morgan fingerprint density at radius 2 is 1.96 bits per heavy atom. The predicted molar refractivity (Wildman–Crippen MR) is 81.5 cm³/mol. The van der Waals surface area contributed by atoms with Gasteiger partial charge in [0.05, 0.1) is 10.6 Å². The molecule has 23 heavy (non-hydrogen) atoms. The number of sulfonamides is 1. The molecule has 2 rings (SSSR count). The second kappa shape index (κ2) is 6.66. The van der Waals surface area contributed by atoms with Gasteiger partial charge in [-0.2, -0.15) is 0 Å². The van der Waals surface area contributed by atoms with Crippen LogP contribution in [-0.2, 0) is 14.8 Å². The Morgan fingerprint density at radius 3 is 2.57 bits per heavy atom. The van der Waals surface area contributed by atoms with E-state index in [0.29, 0.717) is 5.69 Å². The van der Waals surface area contributed by atoms with Crippen molar-refractivity contribution < 1.29 is 27.4 Å². The molecule has 0 unspecified atom stereocenters. The molecule has 0 amide bonds. The van der Waals surface area contributed by atoms with Crippen LogP contribution in [0.2, 0.25) is 0 Å². The third-order valence-electron chi connectivity index (χ3n) is 2.95. The van der Waals surface area contributed by atoms with Crippen LogP contribution < -0.4 is 9.46 Å². The van der Waals surface area contributed by atoms with E-state index in [1.54, 1.807) is 31.2 Å². The molecule has 0 aliphatic rings. The Kier molecular flexibility index (Phi) is 4.85. The largest absolute Gasteiger partial charge is 0.479 e. The molecule has 0 atom stereocenters. The Bertz CT molecular complexity index is 836. The highest BCUT2D eigenvalue weighted by atomic mass is 32.2. The molecular weight excluding hydrogens is 325 g/mol. The molecule has 2 aromatic carbocycles. The van der Waals surface area contributed by atoms with Crippen molar-refractivity contribution in [2.45, 2.75) is 11.8 Å². The number of rotatable bonds is 6. The van der Waals surface area contributed by atoms with Crippen molar-refractivity contribution in [3.63, 3.8) is 0 Å². The molecule has 0 aliphatic heterocycles. The third-order valence-corrected chi connectivity index (χ3v) is 4.32. The molecule has 2 N–H and O–H groups in total. The fourth-order valence-corrected chi connectivity index (χ4v) is 2.94. The van der Waals surface area contributed by atoms with E-state index < -0.39 is 28.4 Å². The van der Waals surface area contributed by atoms with Crippen LogP contribution in [-0.4, -0.2) is 26.1 Å². The molecule has 0 aromatic heterocycles. The van der Waals surface area contributed by atoms with E-state index in [9.17, 15) is 17.6 Å². The minimum Gasteiger partial charge on any atom is -0.479 e. The Morgan fingerprint density at radius 1 is 1.26 bits per heavy atom. The summed E-state index contributed by atoms with van der Waals surface area (Å²) in [5, 5.41) is 8.49. The van der Waals surface area contributed by atoms with Gasteiger partial charge in [-0.05, 0) is 36.8 Å². The van der Waals surface area contributed by atoms with Gasteiger partial charge in [0.2, 0.25) is 0 Å². The normalized spacial score (nSPS) is 11.0. The van der Waals surface area contributed by atoms with Gasteiger partial charge in [0.25, 0.3) is 10.0 Å². The summed E-state index contributed by atoms with van der Waals surface area (Å²) in [5.74, 6) is -2.55. The molecule has 122 valence electrons. The number of carbonyl (C=O) groups is 1. The van der Waals surface area contributed by atoms with Gasteiger partial charge in [-0.25, -0.2) is 17.6 Å². The molecule has 0 saturated carbocycles. The van der Waals surface area contributed by atoms with Gasteiger partial charge in [-0.15, -0.1) is 0 Å². The number of aliphatic carboxylic acids is 1. The molecule has 2 aromatic rings. The second-order valence-electron chi connectivity index (χ2n) is 4.70. The zero-order valence-electron chi connectivity index (χ0n) is 12.1. The van der Waals surface area contributed by atoms with E-state index >= 15 is 0 Å². The maximum absolute atomic E-state index is 13.8. The van der Waals surface area contributed by atoms with Crippen LogP contribution in [0.1, 0.15) is 5.56 Å². The second-order valence-corrected chi connectivity index (χ2v) is 6.38. The summed E-state index contributed by atoms with van der Waals surface area (Å²) < 4.78 is 45.5. The number of carboxylic acid groups (broad SMARTS) is 1. The maximum Gasteiger partial charge on any atom is 0.341 e. The maximum atomic E-state index is 13.8. The van der Waals surface area contributed by atoms with Crippen molar-refractivity contribution in [3.05, 3.63) is 53.8 Å². The fourth-order valence-electron chi connectivity index (χ4n) is 1.80. The van der Waals surface area contributed by atoms with Crippen molar-refractivity contribution in [3.8, 4) is 5.75 Å². The van der Waals surface area contributed by atoms with Crippen molar-refractivity contribution in [2.75, 3.05) is 11.3 Å². The number of ether oxygens (including phenoxy) is 1. The lowest BCUT2D eigenvalue weighted by Gasteiger charge is -2.11. The summed E-state index contributed by atoms with van der Waals surface area (Å²) in [6.07, 6.45) is 0. The number of benzene rings is 2. The Balaban J connectivity index is 2.25. The number of hydrogen-bond donors (Lipinski definition) is 2. The monoisotopic (exact) mass is 339 g/mol. The molecule has 0 bridgehead atoms. The first-order valence-corrected chi connectivity index (χ1v) is 8.00. The van der Waals surface area contributed by atoms with Gasteiger partial charge in [0.1, 0.15) is 0 Å². The molecule has 0 heterocycles. The summed E-state index contributed by atoms with van der Waals surface area (Å²) in [7, 11) is -3.97. The third kappa shape index (κ3) is 4.19. The zero-order chi connectivity index (χ0) is 17.0. The molecule has 0 saturated heterocycles. The van der Waals surface area contributed by atoms with Gasteiger partial charge in [0.15, 0.2) is 18.2 Å². The van der Waals surface area contributed by atoms with Gasteiger partial charge >= 0.3 is 5.97 Å². The number of halogens is 1. The molecule has 0 radical (unpaired) electrons. The lowest BCUT2D eigenvalue weighted by Crippen LogP contribution is -2.14. The molecule has 6 nitrogen and oxygen atoms in total. The molecule has 0 aliphatic carbocycles. The topological polar surface area (TPSA) is 92.7 Å². The van der Waals surface area contributed by atoms with Crippen molar-refractivity contribution in [1.82, 2.24) is 0 Å². The molecular formula is C15H14FNO5S. The van der Waals surface area contributed by atoms with Crippen LogP contribution in [0.3, 0.4) is 0 Å². The summed E-state index contributed by atoms with van der Waals surface area (Å²) in [6, 6.07) is 9.76. The molecule has 0 fully saturated rings. The summed E-state index contributed by atoms with van der Waals surface area (Å²) in [6.45, 7) is 1.02. The average Bonchev–Trinajstić information content (AvgIpc) is 2.48. The predicted octanol–water partition coefficient (Wildman–Crippen LogP) is 2.40. The number of carboxylic acids is 1. The van der Waals surface area contributed by atoms with E-state index in [1.807, 2.05) is 0 Å². The summed E-state index contributed by atoms with van der Waals surface area (Å²) in [4.78, 5) is 10.1. The van der Waals surface area contributed by atoms with E-state index in [0.717, 1.165) is 23.8 Å². The lowest BCUT2D eigenvalue weighted by molar-refractivity contribution is -0.139. The van der Waals surface area contributed by atoms with Crippen LogP contribution in [0.15, 0.2) is 47.4 Å². The first-order chi connectivity index (χ1) is 10.8. The van der Waals surface area contributed by atoms with Crippen molar-refractivity contribution >= 4 is 21.7 Å². The van der Waals surface area contributed by atoms with Crippen LogP contribution in [0.5, 0.6) is 5.75 Å². The SMILES string of the molecule is Cc1ccccc1NS(=O)(=O)c1ccc(OCC(=O)O)c(F)c1. The fraction of sp³-hybridized carbons (Fsp3) is 0.133. The minimum atomic E-state index is -3.97. The standard InChI is InChI=1S/C15H14FNO5S/c1-10-4-2-3-5-13(10)17-23(20,21)11-6-7-14(12(16)8-11)22-9-15(18)19/h2-8,17H,9H2,1H3,(H,18,19). The average molecular weight is 339 g/mol. The lowest BCUT2D eigenvalue weighted by atomic mass is 10.2. The van der Waals surface area contributed by atoms with Gasteiger partial charge in [0, 0.05) is 0 Å². The van der Waals surface area contributed by atoms with Crippen molar-refractivity contribution in [2.24, 2.45) is 0 Å². The van der Waals surface area contributed by atoms with Crippen LogP contribution in [0.25, 0.3) is 0 Å². The van der Waals surface area contributed by atoms with Gasteiger partial charge in [-0.1, -0.05) is 18.2 Å². The Hall–Kier alpha value is -2.61. The minimum absolute atomic E-state index is 0.291. The number of hydrogen-bond acceptors (Lipinski definition) is 4. The first-order valence-electron chi connectivity index (χ1n) is 6.52.